The number of carboxylic acid groups (broad SMARTS) is 1. The van der Waals surface area contributed by atoms with Crippen molar-refractivity contribution in [3.63, 3.8) is 0 Å². The van der Waals surface area contributed by atoms with Gasteiger partial charge in [0, 0.05) is 12.6 Å². The first-order valence-corrected chi connectivity index (χ1v) is 6.29. The van der Waals surface area contributed by atoms with Crippen LogP contribution in [0.3, 0.4) is 0 Å². The molecule has 1 unspecified atom stereocenters. The van der Waals surface area contributed by atoms with Crippen molar-refractivity contribution in [3.8, 4) is 0 Å². The van der Waals surface area contributed by atoms with E-state index < -0.39 is 5.97 Å². The average molecular weight is 241 g/mol. The number of hydrogen-bond acceptors (Lipinski definition) is 3. The van der Waals surface area contributed by atoms with Gasteiger partial charge < -0.3 is 15.2 Å². The molecule has 0 spiro atoms. The number of aliphatic carboxylic acids is 1. The van der Waals surface area contributed by atoms with Crippen molar-refractivity contribution in [2.45, 2.75) is 50.7 Å². The van der Waals surface area contributed by atoms with Crippen molar-refractivity contribution in [3.05, 3.63) is 0 Å². The summed E-state index contributed by atoms with van der Waals surface area (Å²) in [5.41, 5.74) is 0. The van der Waals surface area contributed by atoms with Crippen LogP contribution in [-0.4, -0.2) is 35.7 Å². The van der Waals surface area contributed by atoms with Crippen LogP contribution in [0.5, 0.6) is 0 Å². The molecular weight excluding hydrogens is 222 g/mol. The van der Waals surface area contributed by atoms with E-state index in [4.69, 9.17) is 9.84 Å². The van der Waals surface area contributed by atoms with Crippen LogP contribution < -0.4 is 5.32 Å². The van der Waals surface area contributed by atoms with Crippen LogP contribution in [0, 0.1) is 5.92 Å². The van der Waals surface area contributed by atoms with Gasteiger partial charge in [-0.1, -0.05) is 0 Å². The Bertz CT molecular complexity index is 293. The maximum atomic E-state index is 11.7. The average Bonchev–Trinajstić information content (AvgIpc) is 2.23. The van der Waals surface area contributed by atoms with Crippen LogP contribution >= 0.6 is 0 Å². The third-order valence-electron chi connectivity index (χ3n) is 3.54. The highest BCUT2D eigenvalue weighted by Crippen LogP contribution is 2.27. The molecule has 5 heteroatoms. The molecule has 0 radical (unpaired) electrons. The lowest BCUT2D eigenvalue weighted by Gasteiger charge is -2.33. The van der Waals surface area contributed by atoms with E-state index in [1.807, 2.05) is 0 Å². The zero-order valence-corrected chi connectivity index (χ0v) is 9.85. The highest BCUT2D eigenvalue weighted by atomic mass is 16.5. The zero-order chi connectivity index (χ0) is 12.3. The third kappa shape index (κ3) is 3.43. The van der Waals surface area contributed by atoms with Gasteiger partial charge in [0.15, 0.2) is 0 Å². The molecule has 1 aliphatic carbocycles. The smallest absolute Gasteiger partial charge is 0.306 e. The molecule has 2 N–H and O–H groups in total. The predicted octanol–water partition coefficient (Wildman–Crippen LogP) is 0.925. The predicted molar refractivity (Wildman–Crippen MR) is 60.5 cm³/mol. The Morgan fingerprint density at radius 3 is 2.65 bits per heavy atom. The van der Waals surface area contributed by atoms with Crippen molar-refractivity contribution < 1.29 is 19.4 Å². The lowest BCUT2D eigenvalue weighted by molar-refractivity contribution is -0.146. The van der Waals surface area contributed by atoms with Gasteiger partial charge in [-0.05, 0) is 32.1 Å². The summed E-state index contributed by atoms with van der Waals surface area (Å²) in [6.07, 6.45) is 4.76. The molecule has 2 fully saturated rings. The van der Waals surface area contributed by atoms with Gasteiger partial charge in [0.1, 0.15) is 0 Å². The second-order valence-corrected chi connectivity index (χ2v) is 4.96. The summed E-state index contributed by atoms with van der Waals surface area (Å²) in [6, 6.07) is 0.0483. The van der Waals surface area contributed by atoms with Gasteiger partial charge in [0.05, 0.1) is 18.4 Å². The first-order valence-electron chi connectivity index (χ1n) is 6.29. The molecule has 17 heavy (non-hydrogen) atoms. The maximum absolute atomic E-state index is 11.7. The van der Waals surface area contributed by atoms with Gasteiger partial charge in [0.2, 0.25) is 5.91 Å². The van der Waals surface area contributed by atoms with Crippen molar-refractivity contribution in [1.82, 2.24) is 5.32 Å². The topological polar surface area (TPSA) is 75.6 Å². The molecule has 1 saturated carbocycles. The van der Waals surface area contributed by atoms with E-state index in [1.54, 1.807) is 0 Å². The molecule has 2 rings (SSSR count). The monoisotopic (exact) mass is 241 g/mol. The normalized spacial score (nSPS) is 32.6. The summed E-state index contributed by atoms with van der Waals surface area (Å²) in [5.74, 6) is -1.04. The van der Waals surface area contributed by atoms with Crippen molar-refractivity contribution in [2.24, 2.45) is 5.92 Å². The summed E-state index contributed by atoms with van der Waals surface area (Å²) < 4.78 is 5.49. The number of hydrogen-bond donors (Lipinski definition) is 2. The zero-order valence-electron chi connectivity index (χ0n) is 9.85. The van der Waals surface area contributed by atoms with Gasteiger partial charge in [-0.3, -0.25) is 9.59 Å². The van der Waals surface area contributed by atoms with Gasteiger partial charge in [-0.25, -0.2) is 0 Å². The standard InChI is InChI=1S/C12H19NO4/c14-11(7-10-3-1-2-4-17-10)13-9-5-8(6-9)12(15)16/h8-10H,1-7H2,(H,13,14)(H,15,16). The van der Waals surface area contributed by atoms with Crippen LogP contribution in [0.25, 0.3) is 0 Å². The van der Waals surface area contributed by atoms with Crippen LogP contribution in [0.1, 0.15) is 38.5 Å². The van der Waals surface area contributed by atoms with Crippen LogP contribution in [-0.2, 0) is 14.3 Å². The summed E-state index contributed by atoms with van der Waals surface area (Å²) in [5, 5.41) is 11.6. The van der Waals surface area contributed by atoms with Crippen molar-refractivity contribution >= 4 is 11.9 Å². The molecule has 96 valence electrons. The molecule has 1 saturated heterocycles. The molecule has 1 aliphatic heterocycles. The van der Waals surface area contributed by atoms with E-state index in [0.717, 1.165) is 25.9 Å². The van der Waals surface area contributed by atoms with Gasteiger partial charge in [-0.2, -0.15) is 0 Å². The second kappa shape index (κ2) is 5.49. The number of rotatable bonds is 4. The van der Waals surface area contributed by atoms with E-state index in [9.17, 15) is 9.59 Å². The Labute approximate surface area is 101 Å². The molecule has 1 amide bonds. The quantitative estimate of drug-likeness (QED) is 0.767. The number of carboxylic acids is 1. The molecule has 0 aromatic carbocycles. The lowest BCUT2D eigenvalue weighted by atomic mass is 9.80. The SMILES string of the molecule is O=C(CC1CCCCO1)NC1CC(C(=O)O)C1. The van der Waals surface area contributed by atoms with E-state index in [2.05, 4.69) is 5.32 Å². The Morgan fingerprint density at radius 1 is 1.29 bits per heavy atom. The highest BCUT2D eigenvalue weighted by Gasteiger charge is 2.35. The third-order valence-corrected chi connectivity index (χ3v) is 3.54. The minimum Gasteiger partial charge on any atom is -0.481 e. The number of ether oxygens (including phenoxy) is 1. The number of amides is 1. The number of carbonyl (C=O) groups excluding carboxylic acids is 1. The van der Waals surface area contributed by atoms with Gasteiger partial charge in [-0.15, -0.1) is 0 Å². The lowest BCUT2D eigenvalue weighted by Crippen LogP contribution is -2.47. The Hall–Kier alpha value is -1.10. The summed E-state index contributed by atoms with van der Waals surface area (Å²) in [6.45, 7) is 0.752. The molecule has 5 nitrogen and oxygen atoms in total. The molecule has 2 aliphatic rings. The molecule has 0 aromatic rings. The van der Waals surface area contributed by atoms with Gasteiger partial charge >= 0.3 is 5.97 Å². The van der Waals surface area contributed by atoms with Crippen molar-refractivity contribution in [2.75, 3.05) is 6.61 Å². The Morgan fingerprint density at radius 2 is 2.06 bits per heavy atom. The molecular formula is C12H19NO4. The van der Waals surface area contributed by atoms with Gasteiger partial charge in [0.25, 0.3) is 0 Å². The van der Waals surface area contributed by atoms with E-state index in [0.29, 0.717) is 19.3 Å². The summed E-state index contributed by atoms with van der Waals surface area (Å²) in [4.78, 5) is 22.2. The fourth-order valence-corrected chi connectivity index (χ4v) is 2.40. The summed E-state index contributed by atoms with van der Waals surface area (Å²) in [7, 11) is 0. The van der Waals surface area contributed by atoms with E-state index in [1.165, 1.54) is 0 Å². The minimum absolute atomic E-state index is 0.00858. The maximum Gasteiger partial charge on any atom is 0.306 e. The first kappa shape index (κ1) is 12.4. The number of carbonyl (C=O) groups is 2. The van der Waals surface area contributed by atoms with E-state index >= 15 is 0 Å². The molecule has 0 aromatic heterocycles. The first-order chi connectivity index (χ1) is 8.15. The molecule has 1 heterocycles. The fraction of sp³-hybridized carbons (Fsp3) is 0.833. The van der Waals surface area contributed by atoms with Crippen LogP contribution in [0.4, 0.5) is 0 Å². The second-order valence-electron chi connectivity index (χ2n) is 4.96. The fourth-order valence-electron chi connectivity index (χ4n) is 2.40. The van der Waals surface area contributed by atoms with Crippen LogP contribution in [0.2, 0.25) is 0 Å². The van der Waals surface area contributed by atoms with Crippen LogP contribution in [0.15, 0.2) is 0 Å². The highest BCUT2D eigenvalue weighted by molar-refractivity contribution is 5.78. The molecule has 0 bridgehead atoms. The Kier molecular flexibility index (Phi) is 3.99. The van der Waals surface area contributed by atoms with E-state index in [-0.39, 0.29) is 24.0 Å². The minimum atomic E-state index is -0.758. The Balaban J connectivity index is 1.63. The van der Waals surface area contributed by atoms with Crippen molar-refractivity contribution in [1.29, 1.82) is 0 Å². The molecule has 1 atom stereocenters. The summed E-state index contributed by atoms with van der Waals surface area (Å²) >= 11 is 0. The largest absolute Gasteiger partial charge is 0.481 e. The number of nitrogens with one attached hydrogen (secondary N) is 1.